The maximum absolute atomic E-state index is 12.7. The smallest absolute Gasteiger partial charge is 0.333 e. The molecule has 0 aliphatic rings. The zero-order valence-corrected chi connectivity index (χ0v) is 12.7. The number of aromatic hydroxyl groups is 1. The molecule has 1 amide bonds. The van der Waals surface area contributed by atoms with Crippen molar-refractivity contribution in [3.63, 3.8) is 0 Å². The SMILES string of the molecule is CCS(=O)(=O)c1ccc(O)c(NC(=O)c2ccnn2C(F)F)c1. The normalized spacial score (nSPS) is 11.7. The number of hydrogen-bond acceptors (Lipinski definition) is 5. The molecule has 2 aromatic rings. The monoisotopic (exact) mass is 345 g/mol. The van der Waals surface area contributed by atoms with Crippen molar-refractivity contribution >= 4 is 21.4 Å². The van der Waals surface area contributed by atoms with Gasteiger partial charge in [0.25, 0.3) is 5.91 Å². The highest BCUT2D eigenvalue weighted by Gasteiger charge is 2.20. The number of aromatic nitrogens is 2. The molecular weight excluding hydrogens is 332 g/mol. The van der Waals surface area contributed by atoms with E-state index in [-0.39, 0.29) is 21.0 Å². The van der Waals surface area contributed by atoms with E-state index in [0.717, 1.165) is 24.4 Å². The Hall–Kier alpha value is -2.49. The van der Waals surface area contributed by atoms with Crippen LogP contribution < -0.4 is 5.32 Å². The lowest BCUT2D eigenvalue weighted by molar-refractivity contribution is 0.0520. The summed E-state index contributed by atoms with van der Waals surface area (Å²) in [6.07, 6.45) is 1.03. The Morgan fingerprint density at radius 3 is 2.70 bits per heavy atom. The number of phenolic OH excluding ortho intramolecular Hbond substituents is 1. The number of carbonyl (C=O) groups is 1. The lowest BCUT2D eigenvalue weighted by atomic mass is 10.3. The number of nitrogens with zero attached hydrogens (tertiary/aromatic N) is 2. The maximum Gasteiger partial charge on any atom is 0.333 e. The van der Waals surface area contributed by atoms with E-state index in [1.807, 2.05) is 0 Å². The molecule has 0 radical (unpaired) electrons. The standard InChI is InChI=1S/C13H13F2N3O4S/c1-2-23(21,22)8-3-4-11(19)9(7-8)17-12(20)10-5-6-16-18(10)13(14)15/h3-7,13,19H,2H2,1H3,(H,17,20). The van der Waals surface area contributed by atoms with E-state index in [4.69, 9.17) is 0 Å². The average molecular weight is 345 g/mol. The molecule has 0 aliphatic carbocycles. The van der Waals surface area contributed by atoms with Crippen LogP contribution in [0.3, 0.4) is 0 Å². The molecule has 0 atom stereocenters. The first-order chi connectivity index (χ1) is 10.8. The van der Waals surface area contributed by atoms with Crippen molar-refractivity contribution in [2.75, 3.05) is 11.1 Å². The Labute approximate surface area is 130 Å². The maximum atomic E-state index is 12.7. The molecule has 1 heterocycles. The first kappa shape index (κ1) is 16.9. The van der Waals surface area contributed by atoms with Crippen molar-refractivity contribution < 1.29 is 27.1 Å². The highest BCUT2D eigenvalue weighted by atomic mass is 32.2. The molecule has 1 aromatic carbocycles. The Morgan fingerprint density at radius 1 is 1.39 bits per heavy atom. The largest absolute Gasteiger partial charge is 0.506 e. The zero-order chi connectivity index (χ0) is 17.2. The quantitative estimate of drug-likeness (QED) is 0.808. The van der Waals surface area contributed by atoms with Crippen LogP contribution in [0.5, 0.6) is 5.75 Å². The van der Waals surface area contributed by atoms with Crippen LogP contribution in [-0.2, 0) is 9.84 Å². The number of nitrogens with one attached hydrogen (secondary N) is 1. The molecule has 23 heavy (non-hydrogen) atoms. The van der Waals surface area contributed by atoms with Gasteiger partial charge in [-0.3, -0.25) is 4.79 Å². The van der Waals surface area contributed by atoms with Gasteiger partial charge in [-0.2, -0.15) is 18.6 Å². The van der Waals surface area contributed by atoms with Crippen molar-refractivity contribution in [2.45, 2.75) is 18.4 Å². The van der Waals surface area contributed by atoms with Crippen LogP contribution in [0.1, 0.15) is 24.0 Å². The molecule has 0 saturated carbocycles. The summed E-state index contributed by atoms with van der Waals surface area (Å²) >= 11 is 0. The van der Waals surface area contributed by atoms with Crippen LogP contribution in [0.2, 0.25) is 0 Å². The van der Waals surface area contributed by atoms with Gasteiger partial charge in [0.15, 0.2) is 9.84 Å². The van der Waals surface area contributed by atoms with E-state index in [1.54, 1.807) is 0 Å². The summed E-state index contributed by atoms with van der Waals surface area (Å²) in [6, 6.07) is 4.43. The molecule has 7 nitrogen and oxygen atoms in total. The van der Waals surface area contributed by atoms with Gasteiger partial charge in [0.1, 0.15) is 11.4 Å². The Balaban J connectivity index is 2.34. The molecule has 2 rings (SSSR count). The number of carbonyl (C=O) groups excluding carboxylic acids is 1. The summed E-state index contributed by atoms with van der Waals surface area (Å²) in [5.74, 6) is -1.51. The summed E-state index contributed by atoms with van der Waals surface area (Å²) in [5.41, 5.74) is -0.630. The summed E-state index contributed by atoms with van der Waals surface area (Å²) in [5, 5.41) is 15.2. The molecule has 0 unspecified atom stereocenters. The second-order valence-corrected chi connectivity index (χ2v) is 6.75. The highest BCUT2D eigenvalue weighted by Crippen LogP contribution is 2.27. The average Bonchev–Trinajstić information content (AvgIpc) is 2.99. The van der Waals surface area contributed by atoms with Crippen LogP contribution in [-0.4, -0.2) is 35.0 Å². The fraction of sp³-hybridized carbons (Fsp3) is 0.231. The summed E-state index contributed by atoms with van der Waals surface area (Å²) in [7, 11) is -3.55. The molecule has 0 bridgehead atoms. The van der Waals surface area contributed by atoms with Crippen LogP contribution in [0.15, 0.2) is 35.4 Å². The third-order valence-electron chi connectivity index (χ3n) is 3.04. The number of phenols is 1. The van der Waals surface area contributed by atoms with E-state index in [9.17, 15) is 27.1 Å². The van der Waals surface area contributed by atoms with Gasteiger partial charge < -0.3 is 10.4 Å². The van der Waals surface area contributed by atoms with Crippen LogP contribution >= 0.6 is 0 Å². The van der Waals surface area contributed by atoms with Gasteiger partial charge in [-0.25, -0.2) is 8.42 Å². The summed E-state index contributed by atoms with van der Waals surface area (Å²) < 4.78 is 49.2. The van der Waals surface area contributed by atoms with E-state index in [2.05, 4.69) is 10.4 Å². The van der Waals surface area contributed by atoms with Crippen molar-refractivity contribution in [1.29, 1.82) is 0 Å². The number of hydrogen-bond donors (Lipinski definition) is 2. The van der Waals surface area contributed by atoms with Crippen molar-refractivity contribution in [1.82, 2.24) is 9.78 Å². The number of halogens is 2. The number of amides is 1. The van der Waals surface area contributed by atoms with E-state index in [0.29, 0.717) is 0 Å². The second kappa shape index (κ2) is 6.32. The number of benzene rings is 1. The fourth-order valence-electron chi connectivity index (χ4n) is 1.81. The summed E-state index contributed by atoms with van der Waals surface area (Å²) in [6.45, 7) is -1.56. The van der Waals surface area contributed by atoms with Gasteiger partial charge in [0.2, 0.25) is 0 Å². The van der Waals surface area contributed by atoms with Gasteiger partial charge >= 0.3 is 6.55 Å². The van der Waals surface area contributed by atoms with E-state index in [1.165, 1.54) is 13.0 Å². The molecule has 1 aromatic heterocycles. The van der Waals surface area contributed by atoms with Crippen LogP contribution in [0.4, 0.5) is 14.5 Å². The van der Waals surface area contributed by atoms with E-state index >= 15 is 0 Å². The lowest BCUT2D eigenvalue weighted by Gasteiger charge is -2.10. The van der Waals surface area contributed by atoms with E-state index < -0.39 is 33.7 Å². The molecular formula is C13H13F2N3O4S. The molecule has 0 fully saturated rings. The predicted octanol–water partition coefficient (Wildman–Crippen LogP) is 2.03. The molecule has 0 saturated heterocycles. The number of anilines is 1. The third kappa shape index (κ3) is 3.47. The minimum atomic E-state index is -3.55. The predicted molar refractivity (Wildman–Crippen MR) is 77.3 cm³/mol. The molecule has 0 aliphatic heterocycles. The Morgan fingerprint density at radius 2 is 2.09 bits per heavy atom. The Kier molecular flexibility index (Phi) is 4.64. The number of rotatable bonds is 5. The van der Waals surface area contributed by atoms with Gasteiger partial charge in [0.05, 0.1) is 16.3 Å². The second-order valence-electron chi connectivity index (χ2n) is 4.48. The fourth-order valence-corrected chi connectivity index (χ4v) is 2.72. The van der Waals surface area contributed by atoms with Crippen LogP contribution in [0, 0.1) is 0 Å². The van der Waals surface area contributed by atoms with Crippen LogP contribution in [0.25, 0.3) is 0 Å². The van der Waals surface area contributed by atoms with Crippen molar-refractivity contribution in [2.24, 2.45) is 0 Å². The van der Waals surface area contributed by atoms with Gasteiger partial charge in [-0.1, -0.05) is 6.92 Å². The minimum absolute atomic E-state index is 0.101. The highest BCUT2D eigenvalue weighted by molar-refractivity contribution is 7.91. The first-order valence-corrected chi connectivity index (χ1v) is 8.10. The lowest BCUT2D eigenvalue weighted by Crippen LogP contribution is -2.18. The molecule has 10 heteroatoms. The summed E-state index contributed by atoms with van der Waals surface area (Å²) in [4.78, 5) is 11.9. The Bertz CT molecular complexity index is 833. The minimum Gasteiger partial charge on any atom is -0.506 e. The third-order valence-corrected chi connectivity index (χ3v) is 4.78. The number of alkyl halides is 2. The topological polar surface area (TPSA) is 101 Å². The molecule has 2 N–H and O–H groups in total. The number of sulfone groups is 1. The van der Waals surface area contributed by atoms with Crippen molar-refractivity contribution in [3.05, 3.63) is 36.2 Å². The molecule has 124 valence electrons. The first-order valence-electron chi connectivity index (χ1n) is 6.45. The van der Waals surface area contributed by atoms with Crippen molar-refractivity contribution in [3.8, 4) is 5.75 Å². The van der Waals surface area contributed by atoms with Gasteiger partial charge in [0, 0.05) is 6.20 Å². The molecule has 0 spiro atoms. The van der Waals surface area contributed by atoms with Gasteiger partial charge in [-0.15, -0.1) is 0 Å². The zero-order valence-electron chi connectivity index (χ0n) is 11.9. The van der Waals surface area contributed by atoms with Gasteiger partial charge in [-0.05, 0) is 24.3 Å².